The molecule has 0 atom stereocenters. The highest BCUT2D eigenvalue weighted by Crippen LogP contribution is 2.49. The van der Waals surface area contributed by atoms with E-state index in [2.05, 4.69) is 32.8 Å². The van der Waals surface area contributed by atoms with Gasteiger partial charge in [-0.1, -0.05) is 27.7 Å². The second-order valence-electron chi connectivity index (χ2n) is 6.87. The molecule has 1 aromatic rings. The van der Waals surface area contributed by atoms with Crippen molar-refractivity contribution in [1.29, 1.82) is 0 Å². The van der Waals surface area contributed by atoms with Gasteiger partial charge in [-0.05, 0) is 36.2 Å². The Morgan fingerprint density at radius 1 is 1.24 bits per heavy atom. The van der Waals surface area contributed by atoms with Crippen molar-refractivity contribution in [3.63, 3.8) is 0 Å². The lowest BCUT2D eigenvalue weighted by atomic mass is 9.63. The highest BCUT2D eigenvalue weighted by atomic mass is 16.1. The van der Waals surface area contributed by atoms with Gasteiger partial charge in [0.2, 0.25) is 0 Å². The molecule has 0 saturated heterocycles. The zero-order valence-corrected chi connectivity index (χ0v) is 11.2. The molecule has 94 valence electrons. The van der Waals surface area contributed by atoms with Crippen LogP contribution in [0.5, 0.6) is 0 Å². The lowest BCUT2D eigenvalue weighted by molar-refractivity contribution is 0.0651. The van der Waals surface area contributed by atoms with Crippen LogP contribution in [0.1, 0.15) is 53.0 Å². The molecular weight excluding hydrogens is 212 g/mol. The minimum Gasteiger partial charge on any atom is -0.268 e. The van der Waals surface area contributed by atoms with Gasteiger partial charge in [0.25, 0.3) is 5.56 Å². The summed E-state index contributed by atoms with van der Waals surface area (Å²) in [5.41, 5.74) is 0.582. The number of hydrogen-bond donors (Lipinski definition) is 0. The van der Waals surface area contributed by atoms with Crippen LogP contribution < -0.4 is 5.56 Å². The molecule has 3 heteroatoms. The van der Waals surface area contributed by atoms with E-state index in [0.29, 0.717) is 0 Å². The molecule has 0 unspecified atom stereocenters. The summed E-state index contributed by atoms with van der Waals surface area (Å²) in [4.78, 5) is 11.8. The summed E-state index contributed by atoms with van der Waals surface area (Å²) in [6.45, 7) is 9.15. The van der Waals surface area contributed by atoms with Gasteiger partial charge in [-0.15, -0.1) is 0 Å². The largest absolute Gasteiger partial charge is 0.268 e. The first-order valence-electron chi connectivity index (χ1n) is 6.33. The van der Waals surface area contributed by atoms with Gasteiger partial charge in [-0.25, -0.2) is 4.68 Å². The first-order valence-corrected chi connectivity index (χ1v) is 6.33. The van der Waals surface area contributed by atoms with E-state index < -0.39 is 0 Å². The summed E-state index contributed by atoms with van der Waals surface area (Å²) >= 11 is 0. The van der Waals surface area contributed by atoms with E-state index in [1.807, 2.05) is 0 Å². The fourth-order valence-electron chi connectivity index (χ4n) is 3.60. The second kappa shape index (κ2) is 3.97. The van der Waals surface area contributed by atoms with Crippen LogP contribution in [0.4, 0.5) is 0 Å². The van der Waals surface area contributed by atoms with Gasteiger partial charge in [-0.2, -0.15) is 5.10 Å². The average Bonchev–Trinajstić information content (AvgIpc) is 2.13. The standard InChI is InChI=1S/C14H22N2O/c1-13(2)8-11(9-14(3,4)10-13)16-12(17)6-5-7-15-16/h5-7,11H,8-10H2,1-4H3. The SMILES string of the molecule is CC1(C)CC(n2ncccc2=O)CC(C)(C)C1. The predicted molar refractivity (Wildman–Crippen MR) is 68.9 cm³/mol. The molecule has 0 aliphatic heterocycles. The molecule has 0 amide bonds. The van der Waals surface area contributed by atoms with Gasteiger partial charge >= 0.3 is 0 Å². The summed E-state index contributed by atoms with van der Waals surface area (Å²) in [5, 5.41) is 4.24. The molecule has 0 radical (unpaired) electrons. The van der Waals surface area contributed by atoms with Crippen molar-refractivity contribution in [2.24, 2.45) is 10.8 Å². The van der Waals surface area contributed by atoms with Crippen molar-refractivity contribution in [3.8, 4) is 0 Å². The van der Waals surface area contributed by atoms with Gasteiger partial charge in [-0.3, -0.25) is 4.79 Å². The van der Waals surface area contributed by atoms with Crippen molar-refractivity contribution < 1.29 is 0 Å². The Balaban J connectivity index is 2.34. The maximum Gasteiger partial charge on any atom is 0.266 e. The molecule has 0 spiro atoms. The number of aromatic nitrogens is 2. The molecule has 2 rings (SSSR count). The van der Waals surface area contributed by atoms with Gasteiger partial charge in [0, 0.05) is 12.3 Å². The summed E-state index contributed by atoms with van der Waals surface area (Å²) in [5.74, 6) is 0. The van der Waals surface area contributed by atoms with Crippen molar-refractivity contribution >= 4 is 0 Å². The normalized spacial score (nSPS) is 23.5. The third kappa shape index (κ3) is 2.76. The maximum atomic E-state index is 11.8. The third-order valence-corrected chi connectivity index (χ3v) is 3.62. The van der Waals surface area contributed by atoms with E-state index >= 15 is 0 Å². The lowest BCUT2D eigenvalue weighted by Gasteiger charge is -2.44. The van der Waals surface area contributed by atoms with E-state index in [0.717, 1.165) is 12.8 Å². The Morgan fingerprint density at radius 3 is 2.35 bits per heavy atom. The van der Waals surface area contributed by atoms with Crippen LogP contribution in [-0.2, 0) is 0 Å². The lowest BCUT2D eigenvalue weighted by Crippen LogP contribution is -2.39. The number of nitrogens with zero attached hydrogens (tertiary/aromatic N) is 2. The molecule has 0 bridgehead atoms. The molecule has 0 N–H and O–H groups in total. The molecule has 1 saturated carbocycles. The molecule has 1 aliphatic carbocycles. The minimum atomic E-state index is 0.0194. The van der Waals surface area contributed by atoms with Crippen molar-refractivity contribution in [2.75, 3.05) is 0 Å². The highest BCUT2D eigenvalue weighted by molar-refractivity contribution is 4.94. The second-order valence-corrected chi connectivity index (χ2v) is 6.87. The summed E-state index contributed by atoms with van der Waals surface area (Å²) in [7, 11) is 0. The quantitative estimate of drug-likeness (QED) is 0.748. The van der Waals surface area contributed by atoms with Crippen molar-refractivity contribution in [3.05, 3.63) is 28.7 Å². The van der Waals surface area contributed by atoms with E-state index in [9.17, 15) is 4.79 Å². The van der Waals surface area contributed by atoms with Crippen LogP contribution in [0, 0.1) is 10.8 Å². The van der Waals surface area contributed by atoms with Gasteiger partial charge in [0.15, 0.2) is 0 Å². The number of hydrogen-bond acceptors (Lipinski definition) is 2. The third-order valence-electron chi connectivity index (χ3n) is 3.62. The Kier molecular flexibility index (Phi) is 2.88. The Labute approximate surface area is 103 Å². The van der Waals surface area contributed by atoms with Gasteiger partial charge in [0.05, 0.1) is 6.04 Å². The van der Waals surface area contributed by atoms with Gasteiger partial charge in [0.1, 0.15) is 0 Å². The molecule has 1 fully saturated rings. The topological polar surface area (TPSA) is 34.9 Å². The fraction of sp³-hybridized carbons (Fsp3) is 0.714. The molecule has 3 nitrogen and oxygen atoms in total. The van der Waals surface area contributed by atoms with Crippen LogP contribution in [-0.4, -0.2) is 9.78 Å². The zero-order chi connectivity index (χ0) is 12.7. The first kappa shape index (κ1) is 12.3. The van der Waals surface area contributed by atoms with Crippen LogP contribution in [0.15, 0.2) is 23.1 Å². The molecule has 1 aromatic heterocycles. The Bertz CT molecular complexity index is 443. The van der Waals surface area contributed by atoms with E-state index in [4.69, 9.17) is 0 Å². The van der Waals surface area contributed by atoms with Crippen LogP contribution in [0.3, 0.4) is 0 Å². The van der Waals surface area contributed by atoms with Crippen LogP contribution in [0.25, 0.3) is 0 Å². The molecular formula is C14H22N2O. The Hall–Kier alpha value is -1.12. The zero-order valence-electron chi connectivity index (χ0n) is 11.2. The van der Waals surface area contributed by atoms with E-state index in [1.165, 1.54) is 6.42 Å². The van der Waals surface area contributed by atoms with Gasteiger partial charge < -0.3 is 0 Å². The van der Waals surface area contributed by atoms with Crippen LogP contribution >= 0.6 is 0 Å². The molecule has 1 aliphatic rings. The summed E-state index contributed by atoms with van der Waals surface area (Å²) in [6, 6.07) is 3.54. The minimum absolute atomic E-state index is 0.0194. The smallest absolute Gasteiger partial charge is 0.266 e. The van der Waals surface area contributed by atoms with E-state index in [1.54, 1.807) is 23.0 Å². The Morgan fingerprint density at radius 2 is 1.82 bits per heavy atom. The van der Waals surface area contributed by atoms with E-state index in [-0.39, 0.29) is 22.4 Å². The van der Waals surface area contributed by atoms with Crippen molar-refractivity contribution in [2.45, 2.75) is 53.0 Å². The maximum absolute atomic E-state index is 11.8. The fourth-order valence-corrected chi connectivity index (χ4v) is 3.60. The summed E-state index contributed by atoms with van der Waals surface area (Å²) < 4.78 is 1.67. The monoisotopic (exact) mass is 234 g/mol. The van der Waals surface area contributed by atoms with Crippen LogP contribution in [0.2, 0.25) is 0 Å². The predicted octanol–water partition coefficient (Wildman–Crippen LogP) is 3.02. The molecule has 17 heavy (non-hydrogen) atoms. The number of rotatable bonds is 1. The molecule has 0 aromatic carbocycles. The summed E-state index contributed by atoms with van der Waals surface area (Å²) in [6.07, 6.45) is 4.98. The average molecular weight is 234 g/mol. The first-order chi connectivity index (χ1) is 7.79. The molecule has 1 heterocycles. The highest BCUT2D eigenvalue weighted by Gasteiger charge is 2.39. The van der Waals surface area contributed by atoms with Crippen molar-refractivity contribution in [1.82, 2.24) is 9.78 Å².